The first kappa shape index (κ1) is 16.5. The predicted octanol–water partition coefficient (Wildman–Crippen LogP) is 4.11. The zero-order valence-electron chi connectivity index (χ0n) is 13.4. The van der Waals surface area contributed by atoms with Crippen molar-refractivity contribution in [3.05, 3.63) is 47.5 Å². The van der Waals surface area contributed by atoms with Gasteiger partial charge in [0.15, 0.2) is 0 Å². The second-order valence-electron chi connectivity index (χ2n) is 6.21. The van der Waals surface area contributed by atoms with Crippen LogP contribution in [-0.4, -0.2) is 23.0 Å². The molecule has 8 heteroatoms. The highest BCUT2D eigenvalue weighted by Crippen LogP contribution is 2.33. The van der Waals surface area contributed by atoms with E-state index in [9.17, 15) is 8.42 Å². The van der Waals surface area contributed by atoms with Gasteiger partial charge in [-0.2, -0.15) is 0 Å². The Balaban J connectivity index is 1.75. The SMILES string of the molecule is O=S(=O)(Nc1cncn1C1CCCC1)c1cc(Br)cc2cccnc12. The summed E-state index contributed by atoms with van der Waals surface area (Å²) in [4.78, 5) is 8.54. The van der Waals surface area contributed by atoms with Gasteiger partial charge in [0.25, 0.3) is 10.0 Å². The molecule has 0 radical (unpaired) electrons. The van der Waals surface area contributed by atoms with Gasteiger partial charge in [0.05, 0.1) is 18.0 Å². The van der Waals surface area contributed by atoms with Gasteiger partial charge in [-0.25, -0.2) is 13.4 Å². The van der Waals surface area contributed by atoms with Crippen molar-refractivity contribution in [3.8, 4) is 0 Å². The van der Waals surface area contributed by atoms with Gasteiger partial charge in [-0.15, -0.1) is 0 Å². The van der Waals surface area contributed by atoms with Gasteiger partial charge in [-0.05, 0) is 31.0 Å². The molecular weight excluding hydrogens is 404 g/mol. The first-order valence-electron chi connectivity index (χ1n) is 8.13. The molecule has 2 aromatic heterocycles. The number of fused-ring (bicyclic) bond motifs is 1. The van der Waals surface area contributed by atoms with Crippen LogP contribution in [0.2, 0.25) is 0 Å². The fourth-order valence-corrected chi connectivity index (χ4v) is 5.26. The molecule has 0 unspecified atom stereocenters. The monoisotopic (exact) mass is 420 g/mol. The Kier molecular flexibility index (Phi) is 4.24. The van der Waals surface area contributed by atoms with E-state index in [0.29, 0.717) is 21.8 Å². The van der Waals surface area contributed by atoms with Gasteiger partial charge in [0, 0.05) is 22.1 Å². The summed E-state index contributed by atoms with van der Waals surface area (Å²) in [6, 6.07) is 7.36. The van der Waals surface area contributed by atoms with Gasteiger partial charge in [-0.1, -0.05) is 34.8 Å². The quantitative estimate of drug-likeness (QED) is 0.688. The predicted molar refractivity (Wildman–Crippen MR) is 100.0 cm³/mol. The zero-order valence-corrected chi connectivity index (χ0v) is 15.8. The van der Waals surface area contributed by atoms with Crippen LogP contribution in [-0.2, 0) is 10.0 Å². The Morgan fingerprint density at radius 1 is 1.24 bits per heavy atom. The highest BCUT2D eigenvalue weighted by Gasteiger charge is 2.24. The molecule has 0 spiro atoms. The smallest absolute Gasteiger partial charge is 0.265 e. The van der Waals surface area contributed by atoms with Crippen molar-refractivity contribution in [2.45, 2.75) is 36.6 Å². The minimum absolute atomic E-state index is 0.150. The van der Waals surface area contributed by atoms with Crippen molar-refractivity contribution in [1.29, 1.82) is 0 Å². The first-order chi connectivity index (χ1) is 12.0. The van der Waals surface area contributed by atoms with Crippen LogP contribution in [0.5, 0.6) is 0 Å². The molecular formula is C17H17BrN4O2S. The summed E-state index contributed by atoms with van der Waals surface area (Å²) in [5.74, 6) is 0.496. The van der Waals surface area contributed by atoms with Gasteiger partial charge in [0.2, 0.25) is 0 Å². The molecule has 0 aliphatic heterocycles. The fraction of sp³-hybridized carbons (Fsp3) is 0.294. The summed E-state index contributed by atoms with van der Waals surface area (Å²) in [5.41, 5.74) is 0.449. The second kappa shape index (κ2) is 6.42. The van der Waals surface area contributed by atoms with Crippen LogP contribution in [0.3, 0.4) is 0 Å². The number of hydrogen-bond acceptors (Lipinski definition) is 4. The van der Waals surface area contributed by atoms with Crippen molar-refractivity contribution in [2.75, 3.05) is 4.72 Å². The summed E-state index contributed by atoms with van der Waals surface area (Å²) in [6.07, 6.45) is 9.27. The molecule has 0 saturated heterocycles. The fourth-order valence-electron chi connectivity index (χ4n) is 3.38. The molecule has 1 fully saturated rings. The Labute approximate surface area is 154 Å². The van der Waals surface area contributed by atoms with Crippen LogP contribution in [0.1, 0.15) is 31.7 Å². The molecule has 6 nitrogen and oxygen atoms in total. The molecule has 1 aliphatic carbocycles. The summed E-state index contributed by atoms with van der Waals surface area (Å²) in [6.45, 7) is 0. The van der Waals surface area contributed by atoms with E-state index < -0.39 is 10.0 Å². The number of pyridine rings is 1. The van der Waals surface area contributed by atoms with Crippen molar-refractivity contribution in [1.82, 2.24) is 14.5 Å². The number of anilines is 1. The average Bonchev–Trinajstić information content (AvgIpc) is 3.24. The maximum absolute atomic E-state index is 13.0. The largest absolute Gasteiger partial charge is 0.314 e. The number of hydrogen-bond donors (Lipinski definition) is 1. The molecule has 130 valence electrons. The van der Waals surface area contributed by atoms with Crippen LogP contribution >= 0.6 is 15.9 Å². The second-order valence-corrected chi connectivity index (χ2v) is 8.78. The van der Waals surface area contributed by atoms with E-state index in [0.717, 1.165) is 31.1 Å². The van der Waals surface area contributed by atoms with E-state index in [1.165, 1.54) is 0 Å². The number of aromatic nitrogens is 3. The van der Waals surface area contributed by atoms with E-state index in [-0.39, 0.29) is 4.90 Å². The minimum atomic E-state index is -3.79. The lowest BCUT2D eigenvalue weighted by atomic mass is 10.2. The Hall–Kier alpha value is -1.93. The minimum Gasteiger partial charge on any atom is -0.314 e. The van der Waals surface area contributed by atoms with Crippen LogP contribution in [0.25, 0.3) is 10.9 Å². The molecule has 1 aliphatic rings. The van der Waals surface area contributed by atoms with Crippen LogP contribution in [0.15, 0.2) is 52.4 Å². The van der Waals surface area contributed by atoms with Gasteiger partial charge < -0.3 is 4.57 Å². The van der Waals surface area contributed by atoms with Gasteiger partial charge >= 0.3 is 0 Å². The topological polar surface area (TPSA) is 76.9 Å². The maximum Gasteiger partial charge on any atom is 0.265 e. The molecule has 3 aromatic rings. The lowest BCUT2D eigenvalue weighted by Crippen LogP contribution is -2.17. The molecule has 1 saturated carbocycles. The van der Waals surface area contributed by atoms with E-state index in [1.54, 1.807) is 30.9 Å². The number of sulfonamides is 1. The Morgan fingerprint density at radius 2 is 2.04 bits per heavy atom. The van der Waals surface area contributed by atoms with E-state index >= 15 is 0 Å². The molecule has 0 atom stereocenters. The maximum atomic E-state index is 13.0. The third-order valence-corrected chi connectivity index (χ3v) is 6.37. The number of nitrogens with zero attached hydrogens (tertiary/aromatic N) is 3. The van der Waals surface area contributed by atoms with Crippen molar-refractivity contribution >= 4 is 42.7 Å². The molecule has 0 amide bonds. The summed E-state index contributed by atoms with van der Waals surface area (Å²) in [5, 5.41) is 0.765. The molecule has 0 bridgehead atoms. The third-order valence-electron chi connectivity index (χ3n) is 4.55. The summed E-state index contributed by atoms with van der Waals surface area (Å²) < 4.78 is 31.4. The average molecular weight is 421 g/mol. The van der Waals surface area contributed by atoms with E-state index in [1.807, 2.05) is 16.7 Å². The lowest BCUT2D eigenvalue weighted by Gasteiger charge is -2.16. The highest BCUT2D eigenvalue weighted by atomic mass is 79.9. The standard InChI is InChI=1S/C17H17BrN4O2S/c18-13-8-12-4-3-7-20-17(12)15(9-13)25(23,24)21-16-10-19-11-22(16)14-5-1-2-6-14/h3-4,7-11,14,21H,1-2,5-6H2. The number of halogens is 1. The van der Waals surface area contributed by atoms with Crippen LogP contribution < -0.4 is 4.72 Å². The number of imidazole rings is 1. The number of benzene rings is 1. The van der Waals surface area contributed by atoms with Crippen LogP contribution in [0, 0.1) is 0 Å². The molecule has 1 N–H and O–H groups in total. The van der Waals surface area contributed by atoms with Crippen molar-refractivity contribution in [2.24, 2.45) is 0 Å². The van der Waals surface area contributed by atoms with Crippen molar-refractivity contribution < 1.29 is 8.42 Å². The Bertz CT molecular complexity index is 1030. The highest BCUT2D eigenvalue weighted by molar-refractivity contribution is 9.10. The normalized spacial score (nSPS) is 15.7. The number of rotatable bonds is 4. The first-order valence-corrected chi connectivity index (χ1v) is 10.4. The van der Waals surface area contributed by atoms with E-state index in [2.05, 4.69) is 30.6 Å². The van der Waals surface area contributed by atoms with Gasteiger partial charge in [0.1, 0.15) is 10.7 Å². The van der Waals surface area contributed by atoms with Crippen LogP contribution in [0.4, 0.5) is 5.82 Å². The lowest BCUT2D eigenvalue weighted by molar-refractivity contribution is 0.523. The summed E-state index contributed by atoms with van der Waals surface area (Å²) in [7, 11) is -3.79. The number of nitrogens with one attached hydrogen (secondary N) is 1. The Morgan fingerprint density at radius 3 is 2.84 bits per heavy atom. The van der Waals surface area contributed by atoms with Gasteiger partial charge in [-0.3, -0.25) is 9.71 Å². The molecule has 4 rings (SSSR count). The zero-order chi connectivity index (χ0) is 17.4. The van der Waals surface area contributed by atoms with Crippen molar-refractivity contribution in [3.63, 3.8) is 0 Å². The molecule has 2 heterocycles. The van der Waals surface area contributed by atoms with E-state index in [4.69, 9.17) is 0 Å². The molecule has 1 aromatic carbocycles. The third kappa shape index (κ3) is 3.16. The molecule has 25 heavy (non-hydrogen) atoms. The summed E-state index contributed by atoms with van der Waals surface area (Å²) >= 11 is 3.38.